The van der Waals surface area contributed by atoms with E-state index in [2.05, 4.69) is 4.98 Å². The first-order valence-electron chi connectivity index (χ1n) is 6.54. The van der Waals surface area contributed by atoms with Crippen LogP contribution in [0.4, 0.5) is 0 Å². The molecule has 6 nitrogen and oxygen atoms in total. The number of likely N-dealkylation sites (tertiary alicyclic amines) is 1. The molecular formula is C14H18N2O4. The SMILES string of the molecule is COc1cccc(C2C(C(=O)O)CCCC(=O)N2C)n1. The summed E-state index contributed by atoms with van der Waals surface area (Å²) in [4.78, 5) is 29.3. The molecule has 0 radical (unpaired) electrons. The number of nitrogens with zero attached hydrogens (tertiary/aromatic N) is 2. The molecule has 1 aromatic heterocycles. The van der Waals surface area contributed by atoms with E-state index in [1.54, 1.807) is 25.2 Å². The Balaban J connectivity index is 2.44. The van der Waals surface area contributed by atoms with Gasteiger partial charge in [0, 0.05) is 19.5 Å². The van der Waals surface area contributed by atoms with Gasteiger partial charge in [0.15, 0.2) is 0 Å². The lowest BCUT2D eigenvalue weighted by atomic mass is 9.92. The standard InChI is InChI=1S/C14H18N2O4/c1-16-12(17)8-3-5-9(14(18)19)13(16)10-6-4-7-11(15-10)20-2/h4,6-7,9,13H,3,5,8H2,1-2H3,(H,18,19). The minimum atomic E-state index is -0.902. The van der Waals surface area contributed by atoms with Gasteiger partial charge >= 0.3 is 5.97 Å². The molecule has 0 bridgehead atoms. The molecule has 20 heavy (non-hydrogen) atoms. The lowest BCUT2D eigenvalue weighted by Gasteiger charge is -2.29. The second kappa shape index (κ2) is 5.90. The highest BCUT2D eigenvalue weighted by Gasteiger charge is 2.37. The predicted octanol–water partition coefficient (Wildman–Crippen LogP) is 1.47. The molecule has 0 spiro atoms. The number of carbonyl (C=O) groups is 2. The molecule has 1 aliphatic heterocycles. The van der Waals surface area contributed by atoms with Gasteiger partial charge in [-0.25, -0.2) is 4.98 Å². The van der Waals surface area contributed by atoms with Crippen molar-refractivity contribution < 1.29 is 19.4 Å². The molecule has 1 N–H and O–H groups in total. The third-order valence-electron chi connectivity index (χ3n) is 3.67. The smallest absolute Gasteiger partial charge is 0.309 e. The fourth-order valence-corrected chi connectivity index (χ4v) is 2.60. The molecule has 0 saturated carbocycles. The third kappa shape index (κ3) is 2.74. The number of aromatic nitrogens is 1. The Kier molecular flexibility index (Phi) is 4.22. The molecule has 2 atom stereocenters. The molecule has 108 valence electrons. The van der Waals surface area contributed by atoms with E-state index < -0.39 is 17.9 Å². The van der Waals surface area contributed by atoms with E-state index in [0.29, 0.717) is 30.8 Å². The molecule has 0 aliphatic carbocycles. The first kappa shape index (κ1) is 14.3. The predicted molar refractivity (Wildman–Crippen MR) is 71.3 cm³/mol. The van der Waals surface area contributed by atoms with Crippen LogP contribution in [0.25, 0.3) is 0 Å². The number of carboxylic acids is 1. The molecule has 0 aromatic carbocycles. The van der Waals surface area contributed by atoms with Crippen molar-refractivity contribution in [2.75, 3.05) is 14.2 Å². The Morgan fingerprint density at radius 2 is 2.25 bits per heavy atom. The second-order valence-electron chi connectivity index (χ2n) is 4.89. The molecule has 2 heterocycles. The monoisotopic (exact) mass is 278 g/mol. The minimum absolute atomic E-state index is 0.0524. The maximum atomic E-state index is 12.0. The Labute approximate surface area is 117 Å². The van der Waals surface area contributed by atoms with Crippen LogP contribution >= 0.6 is 0 Å². The molecule has 2 unspecified atom stereocenters. The second-order valence-corrected chi connectivity index (χ2v) is 4.89. The van der Waals surface area contributed by atoms with E-state index in [0.717, 1.165) is 0 Å². The van der Waals surface area contributed by atoms with Gasteiger partial charge in [-0.1, -0.05) is 6.07 Å². The van der Waals surface area contributed by atoms with Crippen molar-refractivity contribution in [2.45, 2.75) is 25.3 Å². The number of hydrogen-bond acceptors (Lipinski definition) is 4. The van der Waals surface area contributed by atoms with Gasteiger partial charge in [-0.3, -0.25) is 9.59 Å². The molecule has 1 aromatic rings. The van der Waals surface area contributed by atoms with E-state index >= 15 is 0 Å². The van der Waals surface area contributed by atoms with Crippen molar-refractivity contribution in [3.63, 3.8) is 0 Å². The molecule has 1 fully saturated rings. The Morgan fingerprint density at radius 3 is 2.90 bits per heavy atom. The summed E-state index contributed by atoms with van der Waals surface area (Å²) in [6.45, 7) is 0. The molecule has 1 saturated heterocycles. The van der Waals surface area contributed by atoms with Crippen molar-refractivity contribution in [1.29, 1.82) is 0 Å². The number of ether oxygens (including phenoxy) is 1. The number of amides is 1. The number of carbonyl (C=O) groups excluding carboxylic acids is 1. The highest BCUT2D eigenvalue weighted by molar-refractivity contribution is 5.79. The Bertz CT molecular complexity index is 518. The van der Waals surface area contributed by atoms with Gasteiger partial charge in [0.05, 0.1) is 24.8 Å². The van der Waals surface area contributed by atoms with Gasteiger partial charge in [-0.05, 0) is 18.9 Å². The number of rotatable bonds is 3. The summed E-state index contributed by atoms with van der Waals surface area (Å²) in [6.07, 6.45) is 1.43. The summed E-state index contributed by atoms with van der Waals surface area (Å²) < 4.78 is 5.07. The average molecular weight is 278 g/mol. The largest absolute Gasteiger partial charge is 0.481 e. The van der Waals surface area contributed by atoms with Crippen LogP contribution in [0.5, 0.6) is 5.88 Å². The molecule has 2 rings (SSSR count). The van der Waals surface area contributed by atoms with E-state index in [4.69, 9.17) is 4.74 Å². The van der Waals surface area contributed by atoms with Crippen LogP contribution < -0.4 is 4.74 Å². The van der Waals surface area contributed by atoms with Gasteiger partial charge in [-0.15, -0.1) is 0 Å². The van der Waals surface area contributed by atoms with E-state index in [1.807, 2.05) is 0 Å². The fraction of sp³-hybridized carbons (Fsp3) is 0.500. The summed E-state index contributed by atoms with van der Waals surface area (Å²) >= 11 is 0. The third-order valence-corrected chi connectivity index (χ3v) is 3.67. The summed E-state index contributed by atoms with van der Waals surface area (Å²) in [5, 5.41) is 9.43. The quantitative estimate of drug-likeness (QED) is 0.905. The maximum absolute atomic E-state index is 12.0. The van der Waals surface area contributed by atoms with E-state index in [1.165, 1.54) is 12.0 Å². The van der Waals surface area contributed by atoms with Gasteiger partial charge < -0.3 is 14.7 Å². The summed E-state index contributed by atoms with van der Waals surface area (Å²) in [5.41, 5.74) is 0.550. The van der Waals surface area contributed by atoms with Crippen LogP contribution in [0.2, 0.25) is 0 Å². The summed E-state index contributed by atoms with van der Waals surface area (Å²) in [6, 6.07) is 4.62. The summed E-state index contributed by atoms with van der Waals surface area (Å²) in [5.74, 6) is -1.19. The molecule has 1 aliphatic rings. The van der Waals surface area contributed by atoms with Crippen molar-refractivity contribution >= 4 is 11.9 Å². The van der Waals surface area contributed by atoms with Crippen molar-refractivity contribution in [3.05, 3.63) is 23.9 Å². The summed E-state index contributed by atoms with van der Waals surface area (Å²) in [7, 11) is 3.14. The number of aliphatic carboxylic acids is 1. The van der Waals surface area contributed by atoms with Crippen LogP contribution in [0.15, 0.2) is 18.2 Å². The molecule has 6 heteroatoms. The Hall–Kier alpha value is -2.11. The van der Waals surface area contributed by atoms with Gasteiger partial charge in [-0.2, -0.15) is 0 Å². The highest BCUT2D eigenvalue weighted by atomic mass is 16.5. The van der Waals surface area contributed by atoms with Gasteiger partial charge in [0.25, 0.3) is 0 Å². The first-order chi connectivity index (χ1) is 9.54. The van der Waals surface area contributed by atoms with Crippen LogP contribution in [0.3, 0.4) is 0 Å². The van der Waals surface area contributed by atoms with Crippen LogP contribution in [-0.2, 0) is 9.59 Å². The lowest BCUT2D eigenvalue weighted by Crippen LogP contribution is -2.36. The van der Waals surface area contributed by atoms with E-state index in [-0.39, 0.29) is 5.91 Å². The Morgan fingerprint density at radius 1 is 1.50 bits per heavy atom. The zero-order chi connectivity index (χ0) is 14.7. The maximum Gasteiger partial charge on any atom is 0.309 e. The zero-order valence-electron chi connectivity index (χ0n) is 11.6. The van der Waals surface area contributed by atoms with Gasteiger partial charge in [0.1, 0.15) is 0 Å². The minimum Gasteiger partial charge on any atom is -0.481 e. The van der Waals surface area contributed by atoms with Crippen molar-refractivity contribution in [2.24, 2.45) is 5.92 Å². The number of methoxy groups -OCH3 is 1. The first-order valence-corrected chi connectivity index (χ1v) is 6.54. The average Bonchev–Trinajstić information content (AvgIpc) is 2.59. The van der Waals surface area contributed by atoms with Crippen LogP contribution in [0, 0.1) is 5.92 Å². The van der Waals surface area contributed by atoms with Crippen molar-refractivity contribution in [1.82, 2.24) is 9.88 Å². The molecule has 1 amide bonds. The number of pyridine rings is 1. The topological polar surface area (TPSA) is 79.7 Å². The van der Waals surface area contributed by atoms with Crippen LogP contribution in [0.1, 0.15) is 31.0 Å². The lowest BCUT2D eigenvalue weighted by molar-refractivity contribution is -0.145. The number of carboxylic acid groups (broad SMARTS) is 1. The molecular weight excluding hydrogens is 260 g/mol. The normalized spacial score (nSPS) is 23.3. The van der Waals surface area contributed by atoms with E-state index in [9.17, 15) is 14.7 Å². The van der Waals surface area contributed by atoms with Crippen LogP contribution in [-0.4, -0.2) is 41.0 Å². The van der Waals surface area contributed by atoms with Crippen molar-refractivity contribution in [3.8, 4) is 5.88 Å². The fourth-order valence-electron chi connectivity index (χ4n) is 2.60. The highest BCUT2D eigenvalue weighted by Crippen LogP contribution is 2.34. The number of hydrogen-bond donors (Lipinski definition) is 1. The van der Waals surface area contributed by atoms with Gasteiger partial charge in [0.2, 0.25) is 11.8 Å². The zero-order valence-corrected chi connectivity index (χ0v) is 11.6.